The molecular weight excluding hydrogens is 298 g/mol. The van der Waals surface area contributed by atoms with Crippen LogP contribution in [0.2, 0.25) is 0 Å². The van der Waals surface area contributed by atoms with Gasteiger partial charge in [0.1, 0.15) is 9.84 Å². The summed E-state index contributed by atoms with van der Waals surface area (Å²) in [5, 5.41) is 6.43. The van der Waals surface area contributed by atoms with Crippen molar-refractivity contribution < 1.29 is 8.42 Å². The van der Waals surface area contributed by atoms with E-state index in [0.29, 0.717) is 18.9 Å². The third kappa shape index (κ3) is 8.02. The molecule has 0 fully saturated rings. The number of hydrogen-bond acceptors (Lipinski definition) is 3. The van der Waals surface area contributed by atoms with Crippen molar-refractivity contribution in [1.29, 1.82) is 0 Å². The molecule has 0 heterocycles. The average molecular weight is 325 g/mol. The van der Waals surface area contributed by atoms with Crippen molar-refractivity contribution >= 4 is 15.8 Å². The number of hydrogen-bond donors (Lipinski definition) is 2. The Morgan fingerprint density at radius 1 is 1.27 bits per heavy atom. The van der Waals surface area contributed by atoms with Gasteiger partial charge in [0.05, 0.1) is 12.3 Å². The zero-order chi connectivity index (χ0) is 16.6. The Labute approximate surface area is 134 Å². The van der Waals surface area contributed by atoms with E-state index in [2.05, 4.69) is 46.8 Å². The molecule has 22 heavy (non-hydrogen) atoms. The van der Waals surface area contributed by atoms with Gasteiger partial charge >= 0.3 is 0 Å². The normalized spacial score (nSPS) is 13.7. The second-order valence-electron chi connectivity index (χ2n) is 5.64. The van der Waals surface area contributed by atoms with Crippen molar-refractivity contribution in [3.8, 4) is 0 Å². The zero-order valence-corrected chi connectivity index (χ0v) is 14.7. The Morgan fingerprint density at radius 2 is 1.91 bits per heavy atom. The van der Waals surface area contributed by atoms with Gasteiger partial charge in [-0.25, -0.2) is 13.4 Å². The molecule has 1 aromatic carbocycles. The maximum absolute atomic E-state index is 11.2. The summed E-state index contributed by atoms with van der Waals surface area (Å²) in [4.78, 5) is 4.54. The summed E-state index contributed by atoms with van der Waals surface area (Å²) < 4.78 is 22.4. The van der Waals surface area contributed by atoms with E-state index in [1.165, 1.54) is 11.8 Å². The molecule has 5 nitrogen and oxygen atoms in total. The van der Waals surface area contributed by atoms with Crippen molar-refractivity contribution in [1.82, 2.24) is 10.6 Å². The van der Waals surface area contributed by atoms with E-state index in [-0.39, 0.29) is 11.8 Å². The SMILES string of the molecule is CCNC(=NCc1ccc(C)cc1)NC(C)CCS(C)(=O)=O. The van der Waals surface area contributed by atoms with Crippen molar-refractivity contribution in [2.45, 2.75) is 39.8 Å². The van der Waals surface area contributed by atoms with E-state index in [4.69, 9.17) is 0 Å². The van der Waals surface area contributed by atoms with E-state index >= 15 is 0 Å². The van der Waals surface area contributed by atoms with Crippen LogP contribution in [0.3, 0.4) is 0 Å². The monoisotopic (exact) mass is 325 g/mol. The second kappa shape index (κ2) is 8.78. The smallest absolute Gasteiger partial charge is 0.191 e. The summed E-state index contributed by atoms with van der Waals surface area (Å²) in [6.07, 6.45) is 1.82. The number of nitrogens with zero attached hydrogens (tertiary/aromatic N) is 1. The van der Waals surface area contributed by atoms with Crippen molar-refractivity contribution in [3.63, 3.8) is 0 Å². The Kier molecular flexibility index (Phi) is 7.38. The molecule has 1 unspecified atom stereocenters. The lowest BCUT2D eigenvalue weighted by atomic mass is 10.1. The standard InChI is InChI=1S/C16H27N3O2S/c1-5-17-16(19-14(3)10-11-22(4,20)21)18-12-15-8-6-13(2)7-9-15/h6-9,14H,5,10-12H2,1-4H3,(H2,17,18,19). The molecule has 0 aliphatic rings. The fraction of sp³-hybridized carbons (Fsp3) is 0.562. The highest BCUT2D eigenvalue weighted by atomic mass is 32.2. The summed E-state index contributed by atoms with van der Waals surface area (Å²) >= 11 is 0. The van der Waals surface area contributed by atoms with Crippen molar-refractivity contribution in [2.75, 3.05) is 18.6 Å². The van der Waals surface area contributed by atoms with E-state index in [1.54, 1.807) is 0 Å². The van der Waals surface area contributed by atoms with Crippen LogP contribution in [0.25, 0.3) is 0 Å². The number of aliphatic imine (C=N–C) groups is 1. The lowest BCUT2D eigenvalue weighted by Gasteiger charge is -2.17. The van der Waals surface area contributed by atoms with Crippen LogP contribution in [0.1, 0.15) is 31.4 Å². The summed E-state index contributed by atoms with van der Waals surface area (Å²) in [5.74, 6) is 0.891. The third-order valence-corrected chi connectivity index (χ3v) is 4.17. The van der Waals surface area contributed by atoms with Gasteiger partial charge in [-0.3, -0.25) is 0 Å². The molecule has 0 spiro atoms. The first-order valence-corrected chi connectivity index (χ1v) is 9.64. The van der Waals surface area contributed by atoms with Gasteiger partial charge < -0.3 is 10.6 Å². The highest BCUT2D eigenvalue weighted by Gasteiger charge is 2.09. The minimum absolute atomic E-state index is 0.0468. The summed E-state index contributed by atoms with van der Waals surface area (Å²) in [7, 11) is -2.93. The Balaban J connectivity index is 2.59. The highest BCUT2D eigenvalue weighted by Crippen LogP contribution is 2.04. The van der Waals surface area contributed by atoms with E-state index in [1.807, 2.05) is 13.8 Å². The predicted octanol–water partition coefficient (Wildman–Crippen LogP) is 1.87. The van der Waals surface area contributed by atoms with Gasteiger partial charge in [0, 0.05) is 18.8 Å². The molecule has 0 aliphatic carbocycles. The first-order chi connectivity index (χ1) is 10.3. The molecule has 0 saturated heterocycles. The molecule has 1 rings (SSSR count). The summed E-state index contributed by atoms with van der Waals surface area (Å²) in [5.41, 5.74) is 2.37. The maximum Gasteiger partial charge on any atom is 0.191 e. The van der Waals surface area contributed by atoms with Crippen LogP contribution in [0, 0.1) is 6.92 Å². The van der Waals surface area contributed by atoms with Crippen LogP contribution in [0.4, 0.5) is 0 Å². The number of sulfone groups is 1. The number of guanidine groups is 1. The summed E-state index contributed by atoms with van der Waals surface area (Å²) in [6.45, 7) is 7.38. The van der Waals surface area contributed by atoms with Gasteiger partial charge in [-0.15, -0.1) is 0 Å². The lowest BCUT2D eigenvalue weighted by molar-refractivity contribution is 0.581. The molecule has 124 valence electrons. The average Bonchev–Trinajstić information content (AvgIpc) is 2.44. The van der Waals surface area contributed by atoms with Crippen LogP contribution < -0.4 is 10.6 Å². The van der Waals surface area contributed by atoms with Crippen LogP contribution in [0.15, 0.2) is 29.3 Å². The molecule has 0 bridgehead atoms. The second-order valence-corrected chi connectivity index (χ2v) is 7.90. The van der Waals surface area contributed by atoms with Crippen LogP contribution >= 0.6 is 0 Å². The van der Waals surface area contributed by atoms with Gasteiger partial charge in [0.15, 0.2) is 5.96 Å². The Bertz CT molecular complexity index is 580. The number of aryl methyl sites for hydroxylation is 1. The first kappa shape index (κ1) is 18.5. The third-order valence-electron chi connectivity index (χ3n) is 3.19. The molecular formula is C16H27N3O2S. The molecule has 0 radical (unpaired) electrons. The van der Waals surface area contributed by atoms with E-state index in [9.17, 15) is 8.42 Å². The van der Waals surface area contributed by atoms with Gasteiger partial charge in [-0.05, 0) is 32.8 Å². The molecule has 2 N–H and O–H groups in total. The summed E-state index contributed by atoms with van der Waals surface area (Å²) in [6, 6.07) is 8.32. The zero-order valence-electron chi connectivity index (χ0n) is 13.9. The van der Waals surface area contributed by atoms with Gasteiger partial charge in [-0.1, -0.05) is 29.8 Å². The lowest BCUT2D eigenvalue weighted by Crippen LogP contribution is -2.42. The molecule has 0 aliphatic heterocycles. The molecule has 0 saturated carbocycles. The Morgan fingerprint density at radius 3 is 2.45 bits per heavy atom. The largest absolute Gasteiger partial charge is 0.357 e. The van der Waals surface area contributed by atoms with Crippen LogP contribution in [0.5, 0.6) is 0 Å². The minimum Gasteiger partial charge on any atom is -0.357 e. The fourth-order valence-corrected chi connectivity index (χ4v) is 2.66. The number of benzene rings is 1. The highest BCUT2D eigenvalue weighted by molar-refractivity contribution is 7.90. The molecule has 0 amide bonds. The number of rotatable bonds is 7. The van der Waals surface area contributed by atoms with Crippen LogP contribution in [-0.2, 0) is 16.4 Å². The maximum atomic E-state index is 11.2. The van der Waals surface area contributed by atoms with Crippen molar-refractivity contribution in [3.05, 3.63) is 35.4 Å². The predicted molar refractivity (Wildman–Crippen MR) is 92.9 cm³/mol. The Hall–Kier alpha value is -1.56. The quantitative estimate of drug-likeness (QED) is 0.593. The topological polar surface area (TPSA) is 70.6 Å². The van der Waals surface area contributed by atoms with Crippen LogP contribution in [-0.4, -0.2) is 39.0 Å². The van der Waals surface area contributed by atoms with Gasteiger partial charge in [0.2, 0.25) is 0 Å². The van der Waals surface area contributed by atoms with E-state index in [0.717, 1.165) is 12.1 Å². The molecule has 6 heteroatoms. The molecule has 0 aromatic heterocycles. The fourth-order valence-electron chi connectivity index (χ4n) is 1.88. The number of nitrogens with one attached hydrogen (secondary N) is 2. The van der Waals surface area contributed by atoms with Gasteiger partial charge in [0.25, 0.3) is 0 Å². The molecule has 1 atom stereocenters. The molecule has 1 aromatic rings. The minimum atomic E-state index is -2.93. The van der Waals surface area contributed by atoms with Gasteiger partial charge in [-0.2, -0.15) is 0 Å². The van der Waals surface area contributed by atoms with E-state index < -0.39 is 9.84 Å². The van der Waals surface area contributed by atoms with Crippen molar-refractivity contribution in [2.24, 2.45) is 4.99 Å². The first-order valence-electron chi connectivity index (χ1n) is 7.58.